The molecule has 4 nitrogen and oxygen atoms in total. The molecule has 2 aromatic rings. The molecule has 2 heterocycles. The highest BCUT2D eigenvalue weighted by molar-refractivity contribution is 6.32. The van der Waals surface area contributed by atoms with Gasteiger partial charge in [0.2, 0.25) is 5.95 Å². The third-order valence-electron chi connectivity index (χ3n) is 3.83. The first-order valence-corrected chi connectivity index (χ1v) is 7.98. The van der Waals surface area contributed by atoms with Gasteiger partial charge in [0, 0.05) is 37.3 Å². The van der Waals surface area contributed by atoms with Crippen LogP contribution in [0.5, 0.6) is 5.75 Å². The summed E-state index contributed by atoms with van der Waals surface area (Å²) < 4.78 is 6.02. The summed E-state index contributed by atoms with van der Waals surface area (Å²) in [6.07, 6.45) is 2.09. The van der Waals surface area contributed by atoms with Gasteiger partial charge in [-0.15, -0.1) is 0 Å². The quantitative estimate of drug-likeness (QED) is 0.863. The van der Waals surface area contributed by atoms with Crippen LogP contribution >= 0.6 is 11.6 Å². The van der Waals surface area contributed by atoms with Crippen molar-refractivity contribution in [3.63, 3.8) is 0 Å². The van der Waals surface area contributed by atoms with Crippen molar-refractivity contribution >= 4 is 17.5 Å². The second-order valence-corrected chi connectivity index (χ2v) is 6.09. The maximum atomic E-state index is 6.15. The summed E-state index contributed by atoms with van der Waals surface area (Å²) in [5.74, 6) is 1.60. The summed E-state index contributed by atoms with van der Waals surface area (Å²) in [6, 6.07) is 9.63. The van der Waals surface area contributed by atoms with Crippen LogP contribution in [0.15, 0.2) is 30.3 Å². The van der Waals surface area contributed by atoms with Gasteiger partial charge in [-0.2, -0.15) is 0 Å². The molecule has 1 aliphatic rings. The first-order chi connectivity index (χ1) is 10.6. The van der Waals surface area contributed by atoms with E-state index in [1.807, 2.05) is 44.2 Å². The number of benzene rings is 1. The molecule has 1 aromatic carbocycles. The summed E-state index contributed by atoms with van der Waals surface area (Å²) in [5, 5.41) is 0.669. The number of hydrogen-bond donors (Lipinski definition) is 0. The molecule has 3 rings (SSSR count). The summed E-state index contributed by atoms with van der Waals surface area (Å²) >= 11 is 6.15. The highest BCUT2D eigenvalue weighted by Gasteiger charge is 2.23. The number of halogens is 1. The Balaban J connectivity index is 1.62. The molecule has 0 bridgehead atoms. The lowest BCUT2D eigenvalue weighted by Crippen LogP contribution is -2.39. The van der Waals surface area contributed by atoms with Crippen molar-refractivity contribution in [3.05, 3.63) is 46.7 Å². The van der Waals surface area contributed by atoms with Gasteiger partial charge in [0.25, 0.3) is 0 Å². The van der Waals surface area contributed by atoms with Gasteiger partial charge in [-0.05, 0) is 32.0 Å². The highest BCUT2D eigenvalue weighted by Crippen LogP contribution is 2.27. The van der Waals surface area contributed by atoms with E-state index in [4.69, 9.17) is 16.3 Å². The monoisotopic (exact) mass is 317 g/mol. The predicted octanol–water partition coefficient (Wildman–Crippen LogP) is 3.79. The summed E-state index contributed by atoms with van der Waals surface area (Å²) in [6.45, 7) is 5.81. The lowest BCUT2D eigenvalue weighted by Gasteiger charge is -2.32. The Hall–Kier alpha value is -1.81. The zero-order valence-electron chi connectivity index (χ0n) is 12.9. The number of ether oxygens (including phenoxy) is 1. The molecular formula is C17H20ClN3O. The summed E-state index contributed by atoms with van der Waals surface area (Å²) in [4.78, 5) is 11.3. The Labute approximate surface area is 136 Å². The first-order valence-electron chi connectivity index (χ1n) is 7.60. The van der Waals surface area contributed by atoms with E-state index < -0.39 is 0 Å². The van der Waals surface area contributed by atoms with E-state index in [9.17, 15) is 0 Å². The van der Waals surface area contributed by atoms with Crippen molar-refractivity contribution in [1.29, 1.82) is 0 Å². The maximum Gasteiger partial charge on any atom is 0.225 e. The molecule has 0 amide bonds. The van der Waals surface area contributed by atoms with Crippen LogP contribution in [0, 0.1) is 13.8 Å². The molecule has 0 N–H and O–H groups in total. The Bertz CT molecular complexity index is 634. The maximum absolute atomic E-state index is 6.15. The van der Waals surface area contributed by atoms with Crippen LogP contribution in [-0.2, 0) is 0 Å². The van der Waals surface area contributed by atoms with Gasteiger partial charge in [0.05, 0.1) is 5.02 Å². The fourth-order valence-electron chi connectivity index (χ4n) is 2.74. The van der Waals surface area contributed by atoms with Crippen LogP contribution < -0.4 is 9.64 Å². The van der Waals surface area contributed by atoms with Gasteiger partial charge < -0.3 is 9.64 Å². The Morgan fingerprint density at radius 2 is 1.73 bits per heavy atom. The van der Waals surface area contributed by atoms with Crippen molar-refractivity contribution in [3.8, 4) is 5.75 Å². The minimum Gasteiger partial charge on any atom is -0.489 e. The molecule has 0 spiro atoms. The molecule has 1 aliphatic heterocycles. The van der Waals surface area contributed by atoms with Crippen molar-refractivity contribution in [2.75, 3.05) is 18.0 Å². The lowest BCUT2D eigenvalue weighted by atomic mass is 10.1. The van der Waals surface area contributed by atoms with Crippen molar-refractivity contribution in [1.82, 2.24) is 9.97 Å². The van der Waals surface area contributed by atoms with E-state index in [-0.39, 0.29) is 6.10 Å². The van der Waals surface area contributed by atoms with Gasteiger partial charge in [0.15, 0.2) is 0 Å². The molecule has 0 atom stereocenters. The van der Waals surface area contributed by atoms with E-state index in [2.05, 4.69) is 14.9 Å². The number of aromatic nitrogens is 2. The normalized spacial score (nSPS) is 15.9. The van der Waals surface area contributed by atoms with E-state index in [1.54, 1.807) is 0 Å². The molecule has 22 heavy (non-hydrogen) atoms. The lowest BCUT2D eigenvalue weighted by molar-refractivity contribution is 0.170. The second-order valence-electron chi connectivity index (χ2n) is 5.69. The standard InChI is InChI=1S/C17H20ClN3O/c1-12-11-13(2)20-17(19-12)21-9-7-14(8-10-21)22-16-6-4-3-5-15(16)18/h3-6,11,14H,7-10H2,1-2H3. The van der Waals surface area contributed by atoms with Gasteiger partial charge in [0.1, 0.15) is 11.9 Å². The third-order valence-corrected chi connectivity index (χ3v) is 4.14. The zero-order chi connectivity index (χ0) is 15.5. The largest absolute Gasteiger partial charge is 0.489 e. The van der Waals surface area contributed by atoms with Crippen LogP contribution in [-0.4, -0.2) is 29.2 Å². The second kappa shape index (κ2) is 6.53. The number of piperidine rings is 1. The number of hydrogen-bond acceptors (Lipinski definition) is 4. The number of anilines is 1. The minimum atomic E-state index is 0.196. The molecule has 0 saturated carbocycles. The van der Waals surface area contributed by atoms with E-state index in [0.717, 1.165) is 49.0 Å². The van der Waals surface area contributed by atoms with Crippen LogP contribution in [0.3, 0.4) is 0 Å². The minimum absolute atomic E-state index is 0.196. The SMILES string of the molecule is Cc1cc(C)nc(N2CCC(Oc3ccccc3Cl)CC2)n1. The molecule has 116 valence electrons. The van der Waals surface area contributed by atoms with Gasteiger partial charge >= 0.3 is 0 Å². The van der Waals surface area contributed by atoms with Crippen molar-refractivity contribution in [2.45, 2.75) is 32.8 Å². The molecule has 1 aromatic heterocycles. The van der Waals surface area contributed by atoms with Crippen molar-refractivity contribution < 1.29 is 4.74 Å². The molecular weight excluding hydrogens is 298 g/mol. The average molecular weight is 318 g/mol. The Kier molecular flexibility index (Phi) is 4.48. The number of aryl methyl sites for hydroxylation is 2. The predicted molar refractivity (Wildman–Crippen MR) is 88.8 cm³/mol. The van der Waals surface area contributed by atoms with Crippen LogP contribution in [0.2, 0.25) is 5.02 Å². The highest BCUT2D eigenvalue weighted by atomic mass is 35.5. The fourth-order valence-corrected chi connectivity index (χ4v) is 2.92. The fraction of sp³-hybridized carbons (Fsp3) is 0.412. The molecule has 1 fully saturated rings. The Morgan fingerprint density at radius 1 is 1.09 bits per heavy atom. The number of para-hydroxylation sites is 1. The average Bonchev–Trinajstić information content (AvgIpc) is 2.49. The van der Waals surface area contributed by atoms with Crippen molar-refractivity contribution in [2.24, 2.45) is 0 Å². The summed E-state index contributed by atoms with van der Waals surface area (Å²) in [7, 11) is 0. The van der Waals surface area contributed by atoms with Crippen LogP contribution in [0.1, 0.15) is 24.2 Å². The van der Waals surface area contributed by atoms with E-state index in [1.165, 1.54) is 0 Å². The van der Waals surface area contributed by atoms with Crippen LogP contribution in [0.25, 0.3) is 0 Å². The molecule has 5 heteroatoms. The van der Waals surface area contributed by atoms with E-state index >= 15 is 0 Å². The molecule has 0 radical (unpaired) electrons. The first kappa shape index (κ1) is 15.1. The summed E-state index contributed by atoms with van der Waals surface area (Å²) in [5.41, 5.74) is 2.02. The number of nitrogens with zero attached hydrogens (tertiary/aromatic N) is 3. The smallest absolute Gasteiger partial charge is 0.225 e. The topological polar surface area (TPSA) is 38.2 Å². The van der Waals surface area contributed by atoms with E-state index in [0.29, 0.717) is 5.02 Å². The molecule has 0 unspecified atom stereocenters. The molecule has 1 saturated heterocycles. The van der Waals surface area contributed by atoms with Gasteiger partial charge in [-0.25, -0.2) is 9.97 Å². The van der Waals surface area contributed by atoms with Crippen LogP contribution in [0.4, 0.5) is 5.95 Å². The molecule has 0 aliphatic carbocycles. The Morgan fingerprint density at radius 3 is 2.36 bits per heavy atom. The third kappa shape index (κ3) is 3.50. The number of rotatable bonds is 3. The van der Waals surface area contributed by atoms with Gasteiger partial charge in [-0.1, -0.05) is 23.7 Å². The zero-order valence-corrected chi connectivity index (χ0v) is 13.7. The van der Waals surface area contributed by atoms with Gasteiger partial charge in [-0.3, -0.25) is 0 Å².